The van der Waals surface area contributed by atoms with E-state index in [1.807, 2.05) is 30.3 Å². The summed E-state index contributed by atoms with van der Waals surface area (Å²) in [6, 6.07) is 7.62. The lowest BCUT2D eigenvalue weighted by Crippen LogP contribution is -2.52. The first-order chi connectivity index (χ1) is 11.8. The van der Waals surface area contributed by atoms with Crippen molar-refractivity contribution in [2.75, 3.05) is 18.6 Å². The molecule has 2 atom stereocenters. The number of hydrogen-bond acceptors (Lipinski definition) is 5. The first kappa shape index (κ1) is 17.5. The Morgan fingerprint density at radius 3 is 2.52 bits per heavy atom. The van der Waals surface area contributed by atoms with E-state index in [0.29, 0.717) is 17.7 Å². The van der Waals surface area contributed by atoms with Crippen LogP contribution in [0.4, 0.5) is 4.79 Å². The second-order valence-electron chi connectivity index (χ2n) is 6.21. The third-order valence-electron chi connectivity index (χ3n) is 4.64. The molecule has 0 bridgehead atoms. The third-order valence-corrected chi connectivity index (χ3v) is 6.39. The van der Waals surface area contributed by atoms with Crippen LogP contribution in [-0.4, -0.2) is 50.0 Å². The molecule has 1 N–H and O–H groups in total. The molecule has 3 rings (SSSR count). The number of esters is 1. The van der Waals surface area contributed by atoms with Gasteiger partial charge in [-0.3, -0.25) is 4.90 Å². The molecule has 1 saturated heterocycles. The molecular formula is C17H20N2O5S. The van der Waals surface area contributed by atoms with Crippen molar-refractivity contribution in [3.63, 3.8) is 0 Å². The number of sulfone groups is 1. The van der Waals surface area contributed by atoms with Crippen LogP contribution in [0.1, 0.15) is 24.9 Å². The van der Waals surface area contributed by atoms with Crippen LogP contribution in [0.5, 0.6) is 0 Å². The molecule has 134 valence electrons. The molecule has 2 aliphatic heterocycles. The first-order valence-electron chi connectivity index (χ1n) is 7.98. The first-order valence-corrected chi connectivity index (χ1v) is 9.80. The van der Waals surface area contributed by atoms with Gasteiger partial charge in [0.1, 0.15) is 0 Å². The van der Waals surface area contributed by atoms with E-state index in [9.17, 15) is 18.0 Å². The van der Waals surface area contributed by atoms with E-state index in [2.05, 4.69) is 5.32 Å². The van der Waals surface area contributed by atoms with E-state index in [4.69, 9.17) is 4.74 Å². The minimum Gasteiger partial charge on any atom is -0.466 e. The van der Waals surface area contributed by atoms with Crippen molar-refractivity contribution >= 4 is 21.8 Å². The summed E-state index contributed by atoms with van der Waals surface area (Å²) in [5.74, 6) is -0.593. The number of rotatable bonds is 3. The van der Waals surface area contributed by atoms with Gasteiger partial charge >= 0.3 is 12.0 Å². The minimum absolute atomic E-state index is 0.0460. The second-order valence-corrected chi connectivity index (χ2v) is 8.44. The van der Waals surface area contributed by atoms with Crippen molar-refractivity contribution in [3.8, 4) is 0 Å². The molecule has 0 unspecified atom stereocenters. The monoisotopic (exact) mass is 364 g/mol. The molecule has 0 saturated carbocycles. The molecule has 25 heavy (non-hydrogen) atoms. The molecule has 0 aliphatic carbocycles. The molecule has 8 heteroatoms. The maximum atomic E-state index is 12.7. The summed E-state index contributed by atoms with van der Waals surface area (Å²) < 4.78 is 28.5. The predicted molar refractivity (Wildman–Crippen MR) is 91.3 cm³/mol. The van der Waals surface area contributed by atoms with Crippen LogP contribution < -0.4 is 5.32 Å². The summed E-state index contributed by atoms with van der Waals surface area (Å²) in [6.07, 6.45) is 0.359. The van der Waals surface area contributed by atoms with Crippen LogP contribution >= 0.6 is 0 Å². The maximum absolute atomic E-state index is 12.7. The molecule has 1 fully saturated rings. The number of carbonyl (C=O) groups is 2. The zero-order valence-electron chi connectivity index (χ0n) is 14.1. The van der Waals surface area contributed by atoms with Gasteiger partial charge in [0.05, 0.1) is 36.3 Å². The topological polar surface area (TPSA) is 92.8 Å². The van der Waals surface area contributed by atoms with Gasteiger partial charge in [-0.05, 0) is 18.9 Å². The molecule has 0 spiro atoms. The van der Waals surface area contributed by atoms with Crippen LogP contribution in [0.3, 0.4) is 0 Å². The Morgan fingerprint density at radius 2 is 1.96 bits per heavy atom. The molecule has 7 nitrogen and oxygen atoms in total. The average molecular weight is 364 g/mol. The Kier molecular flexibility index (Phi) is 4.55. The fraction of sp³-hybridized carbons (Fsp3) is 0.412. The van der Waals surface area contributed by atoms with Crippen molar-refractivity contribution in [1.82, 2.24) is 10.2 Å². The minimum atomic E-state index is -3.16. The zero-order chi connectivity index (χ0) is 18.2. The zero-order valence-corrected chi connectivity index (χ0v) is 14.9. The predicted octanol–water partition coefficient (Wildman–Crippen LogP) is 1.39. The third kappa shape index (κ3) is 3.26. The van der Waals surface area contributed by atoms with Crippen molar-refractivity contribution in [2.45, 2.75) is 25.4 Å². The highest BCUT2D eigenvalue weighted by Gasteiger charge is 2.42. The van der Waals surface area contributed by atoms with Gasteiger partial charge in [-0.25, -0.2) is 18.0 Å². The second kappa shape index (κ2) is 6.51. The van der Waals surface area contributed by atoms with E-state index >= 15 is 0 Å². The van der Waals surface area contributed by atoms with Gasteiger partial charge in [-0.1, -0.05) is 30.3 Å². The van der Waals surface area contributed by atoms with Gasteiger partial charge in [0.2, 0.25) is 0 Å². The highest BCUT2D eigenvalue weighted by atomic mass is 32.2. The van der Waals surface area contributed by atoms with Crippen LogP contribution in [0.2, 0.25) is 0 Å². The average Bonchev–Trinajstić information content (AvgIpc) is 2.94. The molecule has 2 aliphatic rings. The van der Waals surface area contributed by atoms with Crippen molar-refractivity contribution < 1.29 is 22.7 Å². The Hall–Kier alpha value is -2.35. The fourth-order valence-corrected chi connectivity index (χ4v) is 5.15. The van der Waals surface area contributed by atoms with Gasteiger partial charge in [0.15, 0.2) is 9.84 Å². The standard InChI is InChI=1S/C17H20N2O5S/c1-11-14(16(20)24-2)15(12-6-4-3-5-7-12)18-17(21)19(11)13-8-9-25(22,23)10-13/h3-7,13,15H,8-10H2,1-2H3,(H,18,21)/t13-,15-/m0/s1. The quantitative estimate of drug-likeness (QED) is 0.818. The lowest BCUT2D eigenvalue weighted by molar-refractivity contribution is -0.136. The van der Waals surface area contributed by atoms with E-state index in [-0.39, 0.29) is 11.5 Å². The number of ether oxygens (including phenoxy) is 1. The van der Waals surface area contributed by atoms with Crippen molar-refractivity contribution in [3.05, 3.63) is 47.2 Å². The van der Waals surface area contributed by atoms with E-state index < -0.39 is 33.9 Å². The number of carbonyl (C=O) groups excluding carboxylic acids is 2. The van der Waals surface area contributed by atoms with Gasteiger partial charge < -0.3 is 10.1 Å². The van der Waals surface area contributed by atoms with Crippen LogP contribution in [0.25, 0.3) is 0 Å². The fourth-order valence-electron chi connectivity index (χ4n) is 3.45. The van der Waals surface area contributed by atoms with Crippen molar-refractivity contribution in [1.29, 1.82) is 0 Å². The maximum Gasteiger partial charge on any atom is 0.337 e. The molecule has 0 radical (unpaired) electrons. The number of allylic oxidation sites excluding steroid dienone is 1. The SMILES string of the molecule is COC(=O)C1=C(C)N([C@H]2CCS(=O)(=O)C2)C(=O)N[C@H]1c1ccccc1. The number of nitrogens with one attached hydrogen (secondary N) is 1. The summed E-state index contributed by atoms with van der Waals surface area (Å²) in [5, 5.41) is 2.82. The Bertz CT molecular complexity index is 832. The molecule has 1 aromatic rings. The van der Waals surface area contributed by atoms with Gasteiger partial charge in [0, 0.05) is 5.70 Å². The summed E-state index contributed by atoms with van der Waals surface area (Å²) in [7, 11) is -1.88. The number of amides is 2. The summed E-state index contributed by atoms with van der Waals surface area (Å²) in [5.41, 5.74) is 1.51. The van der Waals surface area contributed by atoms with E-state index in [1.165, 1.54) is 12.0 Å². The highest BCUT2D eigenvalue weighted by Crippen LogP contribution is 2.34. The smallest absolute Gasteiger partial charge is 0.337 e. The highest BCUT2D eigenvalue weighted by molar-refractivity contribution is 7.91. The molecule has 2 heterocycles. The summed E-state index contributed by atoms with van der Waals surface area (Å²) in [6.45, 7) is 1.66. The Labute approximate surface area is 146 Å². The molecular weight excluding hydrogens is 344 g/mol. The van der Waals surface area contributed by atoms with Crippen LogP contribution in [-0.2, 0) is 19.4 Å². The summed E-state index contributed by atoms with van der Waals surface area (Å²) in [4.78, 5) is 26.4. The lowest BCUT2D eigenvalue weighted by Gasteiger charge is -2.38. The normalized spacial score (nSPS) is 25.7. The lowest BCUT2D eigenvalue weighted by atomic mass is 9.94. The van der Waals surface area contributed by atoms with E-state index in [1.54, 1.807) is 6.92 Å². The number of hydrogen-bond donors (Lipinski definition) is 1. The Morgan fingerprint density at radius 1 is 1.28 bits per heavy atom. The van der Waals surface area contributed by atoms with Gasteiger partial charge in [0.25, 0.3) is 0 Å². The van der Waals surface area contributed by atoms with Gasteiger partial charge in [-0.2, -0.15) is 0 Å². The molecule has 1 aromatic carbocycles. The van der Waals surface area contributed by atoms with E-state index in [0.717, 1.165) is 5.56 Å². The largest absolute Gasteiger partial charge is 0.466 e. The van der Waals surface area contributed by atoms with Gasteiger partial charge in [-0.15, -0.1) is 0 Å². The molecule has 2 amide bonds. The number of methoxy groups -OCH3 is 1. The molecule has 0 aromatic heterocycles. The van der Waals surface area contributed by atoms with Crippen LogP contribution in [0.15, 0.2) is 41.6 Å². The number of nitrogens with zero attached hydrogens (tertiary/aromatic N) is 1. The number of urea groups is 1. The van der Waals surface area contributed by atoms with Crippen LogP contribution in [0, 0.1) is 0 Å². The summed E-state index contributed by atoms with van der Waals surface area (Å²) >= 11 is 0. The number of benzene rings is 1. The van der Waals surface area contributed by atoms with Crippen molar-refractivity contribution in [2.24, 2.45) is 0 Å². The Balaban J connectivity index is 2.05.